The first-order valence-corrected chi connectivity index (χ1v) is 11.0. The van der Waals surface area contributed by atoms with Gasteiger partial charge in [0.1, 0.15) is 31.9 Å². The molecule has 0 atom stereocenters. The zero-order valence-electron chi connectivity index (χ0n) is 18.5. The van der Waals surface area contributed by atoms with E-state index in [0.29, 0.717) is 29.2 Å². The number of nitro benzene ring substituents is 1. The predicted molar refractivity (Wildman–Crippen MR) is 125 cm³/mol. The van der Waals surface area contributed by atoms with Crippen LogP contribution in [0.4, 0.5) is 5.69 Å². The van der Waals surface area contributed by atoms with Crippen LogP contribution in [0.1, 0.15) is 5.56 Å². The van der Waals surface area contributed by atoms with Crippen LogP contribution >= 0.6 is 0 Å². The van der Waals surface area contributed by atoms with Crippen LogP contribution in [0.25, 0.3) is 16.9 Å². The number of H-pyrrole nitrogens is 1. The Balaban J connectivity index is 1.65. The van der Waals surface area contributed by atoms with Gasteiger partial charge < -0.3 is 15.0 Å². The summed E-state index contributed by atoms with van der Waals surface area (Å²) in [6.07, 6.45) is 1.63. The van der Waals surface area contributed by atoms with Crippen LogP contribution in [0, 0.1) is 10.1 Å². The van der Waals surface area contributed by atoms with E-state index in [0.717, 1.165) is 38.3 Å². The van der Waals surface area contributed by atoms with E-state index in [9.17, 15) is 14.9 Å². The van der Waals surface area contributed by atoms with Crippen molar-refractivity contribution in [3.63, 3.8) is 0 Å². The Morgan fingerprint density at radius 2 is 1.88 bits per heavy atom. The Morgan fingerprint density at radius 1 is 1.18 bits per heavy atom. The molecule has 1 fully saturated rings. The molecule has 0 saturated carbocycles. The number of hydrogen-bond acceptors (Lipinski definition) is 5. The number of nitro groups is 1. The highest BCUT2D eigenvalue weighted by molar-refractivity contribution is 5.88. The number of hydrogen-bond donors (Lipinski definition) is 3. The van der Waals surface area contributed by atoms with Gasteiger partial charge in [0, 0.05) is 23.9 Å². The third-order valence-corrected chi connectivity index (χ3v) is 5.84. The van der Waals surface area contributed by atoms with Gasteiger partial charge in [-0.15, -0.1) is 0 Å². The summed E-state index contributed by atoms with van der Waals surface area (Å²) in [5.74, 6) is 0.716. The fourth-order valence-electron chi connectivity index (χ4n) is 3.96. The number of nitrogens with two attached hydrogens (primary N) is 1. The molecule has 0 spiro atoms. The monoisotopic (exact) mass is 452 g/mol. The topological polar surface area (TPSA) is 124 Å². The summed E-state index contributed by atoms with van der Waals surface area (Å²) in [6, 6.07) is 13.2. The van der Waals surface area contributed by atoms with Crippen LogP contribution in [0.3, 0.4) is 0 Å². The maximum Gasteiger partial charge on any atom is 0.280 e. The van der Waals surface area contributed by atoms with E-state index >= 15 is 0 Å². The van der Waals surface area contributed by atoms with Gasteiger partial charge in [-0.05, 0) is 36.4 Å². The highest BCUT2D eigenvalue weighted by atomic mass is 16.6. The van der Waals surface area contributed by atoms with Crippen molar-refractivity contribution >= 4 is 11.9 Å². The van der Waals surface area contributed by atoms with Crippen molar-refractivity contribution in [1.29, 1.82) is 0 Å². The molecule has 172 valence electrons. The molecular formula is C23H28N6O4+2. The molecule has 2 aromatic carbocycles. The fraction of sp³-hybridized carbons (Fsp3) is 0.304. The highest BCUT2D eigenvalue weighted by Gasteiger charge is 2.17. The van der Waals surface area contributed by atoms with Crippen molar-refractivity contribution in [3.05, 3.63) is 74.6 Å². The number of methoxy groups -OCH3 is 1. The van der Waals surface area contributed by atoms with E-state index in [4.69, 9.17) is 4.74 Å². The van der Waals surface area contributed by atoms with Gasteiger partial charge in [-0.25, -0.2) is 4.68 Å². The quantitative estimate of drug-likeness (QED) is 0.245. The number of nitrogens with zero attached hydrogens (tertiary/aromatic N) is 3. The van der Waals surface area contributed by atoms with Crippen molar-refractivity contribution in [1.82, 2.24) is 9.78 Å². The minimum Gasteiger partial charge on any atom is -0.497 e. The first kappa shape index (κ1) is 22.4. The Hall–Kier alpha value is -3.76. The van der Waals surface area contributed by atoms with E-state index in [-0.39, 0.29) is 11.2 Å². The van der Waals surface area contributed by atoms with Gasteiger partial charge >= 0.3 is 0 Å². The van der Waals surface area contributed by atoms with Gasteiger partial charge in [0.05, 0.1) is 42.1 Å². The molecule has 1 aromatic heterocycles. The van der Waals surface area contributed by atoms with Crippen molar-refractivity contribution in [3.8, 4) is 22.7 Å². The van der Waals surface area contributed by atoms with Crippen LogP contribution in [0.2, 0.25) is 0 Å². The SMILES string of the molecule is COc1ccc(-c2[nH]n(-c3ccc([N+](=O)[O-])cc3)c(=O)c2C=NCC[NH+]2CC[NH2+]CC2)cc1. The minimum atomic E-state index is -0.468. The number of aliphatic imine (C=N–C) groups is 1. The van der Waals surface area contributed by atoms with Gasteiger partial charge in [0.15, 0.2) is 0 Å². The summed E-state index contributed by atoms with van der Waals surface area (Å²) in [4.78, 5) is 29.9. The second-order valence-corrected chi connectivity index (χ2v) is 7.94. The van der Waals surface area contributed by atoms with Crippen LogP contribution in [0.15, 0.2) is 58.3 Å². The molecule has 3 aromatic rings. The molecule has 10 heteroatoms. The normalized spacial score (nSPS) is 14.6. The molecule has 0 bridgehead atoms. The molecule has 4 N–H and O–H groups in total. The van der Waals surface area contributed by atoms with Crippen molar-refractivity contribution in [2.75, 3.05) is 46.4 Å². The second-order valence-electron chi connectivity index (χ2n) is 7.94. The molecule has 4 rings (SSSR count). The lowest BCUT2D eigenvalue weighted by Gasteiger charge is -2.21. The number of rotatable bonds is 8. The lowest BCUT2D eigenvalue weighted by atomic mass is 10.1. The minimum absolute atomic E-state index is 0.0340. The first-order chi connectivity index (χ1) is 16.1. The van der Waals surface area contributed by atoms with Crippen molar-refractivity contribution in [2.45, 2.75) is 0 Å². The van der Waals surface area contributed by atoms with Crippen LogP contribution in [-0.2, 0) is 0 Å². The second kappa shape index (κ2) is 10.2. The number of quaternary nitrogens is 2. The Labute approximate surface area is 190 Å². The van der Waals surface area contributed by atoms with Gasteiger partial charge in [-0.2, -0.15) is 0 Å². The zero-order chi connectivity index (χ0) is 23.2. The average Bonchev–Trinajstić information content (AvgIpc) is 3.18. The van der Waals surface area contributed by atoms with Crippen LogP contribution < -0.4 is 20.5 Å². The van der Waals surface area contributed by atoms with Gasteiger partial charge in [-0.3, -0.25) is 25.0 Å². The number of aromatic nitrogens is 2. The Bertz CT molecular complexity index is 1180. The smallest absolute Gasteiger partial charge is 0.280 e. The summed E-state index contributed by atoms with van der Waals surface area (Å²) < 4.78 is 6.62. The highest BCUT2D eigenvalue weighted by Crippen LogP contribution is 2.23. The lowest BCUT2D eigenvalue weighted by molar-refractivity contribution is -0.945. The van der Waals surface area contributed by atoms with E-state index in [1.54, 1.807) is 25.5 Å². The fourth-order valence-corrected chi connectivity index (χ4v) is 3.96. The van der Waals surface area contributed by atoms with Crippen LogP contribution in [-0.4, -0.2) is 67.3 Å². The Morgan fingerprint density at radius 3 is 2.52 bits per heavy atom. The molecule has 33 heavy (non-hydrogen) atoms. The molecule has 0 unspecified atom stereocenters. The maximum absolute atomic E-state index is 13.3. The molecule has 1 aliphatic heterocycles. The summed E-state index contributed by atoms with van der Waals surface area (Å²) in [7, 11) is 1.60. The number of aromatic amines is 1. The van der Waals surface area contributed by atoms with E-state index < -0.39 is 4.92 Å². The summed E-state index contributed by atoms with van der Waals surface area (Å²) in [6.45, 7) is 6.10. The number of non-ortho nitro benzene ring substituents is 1. The third kappa shape index (κ3) is 5.18. The zero-order valence-corrected chi connectivity index (χ0v) is 18.5. The molecule has 2 heterocycles. The Kier molecular flexibility index (Phi) is 6.96. The molecular weight excluding hydrogens is 424 g/mol. The third-order valence-electron chi connectivity index (χ3n) is 5.84. The average molecular weight is 453 g/mol. The lowest BCUT2D eigenvalue weighted by Crippen LogP contribution is -3.20. The summed E-state index contributed by atoms with van der Waals surface area (Å²) >= 11 is 0. The molecule has 0 amide bonds. The van der Waals surface area contributed by atoms with Gasteiger partial charge in [0.2, 0.25) is 0 Å². The number of ether oxygens (including phenoxy) is 1. The first-order valence-electron chi connectivity index (χ1n) is 11.0. The number of piperazine rings is 1. The predicted octanol–water partition coefficient (Wildman–Crippen LogP) is -0.370. The number of benzene rings is 2. The summed E-state index contributed by atoms with van der Waals surface area (Å²) in [5, 5.41) is 16.5. The molecule has 10 nitrogen and oxygen atoms in total. The van der Waals surface area contributed by atoms with E-state index in [1.165, 1.54) is 21.7 Å². The molecule has 0 aliphatic carbocycles. The van der Waals surface area contributed by atoms with Crippen molar-refractivity contribution in [2.24, 2.45) is 4.99 Å². The molecule has 1 saturated heterocycles. The number of nitrogens with one attached hydrogen (secondary N) is 2. The van der Waals surface area contributed by atoms with Crippen LogP contribution in [0.5, 0.6) is 5.75 Å². The standard InChI is InChI=1S/C23H26N6O4/c1-33-20-8-2-17(3-9-20)22-21(16-25-12-15-27-13-10-24-11-14-27)23(30)28(26-22)18-4-6-19(7-5-18)29(31)32/h2-9,16,24,26H,10-15H2,1H3/p+2. The summed E-state index contributed by atoms with van der Waals surface area (Å²) in [5.41, 5.74) is 2.10. The van der Waals surface area contributed by atoms with Gasteiger partial charge in [-0.1, -0.05) is 0 Å². The largest absolute Gasteiger partial charge is 0.497 e. The van der Waals surface area contributed by atoms with E-state index in [2.05, 4.69) is 15.4 Å². The molecule has 1 aliphatic rings. The van der Waals surface area contributed by atoms with E-state index in [1.807, 2.05) is 24.3 Å². The maximum atomic E-state index is 13.3. The van der Waals surface area contributed by atoms with Crippen molar-refractivity contribution < 1.29 is 19.9 Å². The molecule has 0 radical (unpaired) electrons. The van der Waals surface area contributed by atoms with Gasteiger partial charge in [0.25, 0.3) is 11.2 Å².